The van der Waals surface area contributed by atoms with Crippen LogP contribution in [-0.4, -0.2) is 32.9 Å². The lowest BCUT2D eigenvalue weighted by Gasteiger charge is -2.36. The minimum absolute atomic E-state index is 0.0485. The van der Waals surface area contributed by atoms with Crippen molar-refractivity contribution in [2.24, 2.45) is 0 Å². The summed E-state index contributed by atoms with van der Waals surface area (Å²) >= 11 is 15.0. The minimum atomic E-state index is -0.468. The van der Waals surface area contributed by atoms with Gasteiger partial charge in [0, 0.05) is 33.1 Å². The van der Waals surface area contributed by atoms with Crippen molar-refractivity contribution in [3.63, 3.8) is 0 Å². The second kappa shape index (κ2) is 12.0. The molecule has 0 saturated carbocycles. The number of aromatic nitrogens is 1. The van der Waals surface area contributed by atoms with Gasteiger partial charge in [-0.2, -0.15) is 0 Å². The van der Waals surface area contributed by atoms with Crippen LogP contribution in [0.2, 0.25) is 5.02 Å². The number of aryl methyl sites for hydroxylation is 1. The third-order valence-electron chi connectivity index (χ3n) is 6.92. The van der Waals surface area contributed by atoms with Gasteiger partial charge in [0.15, 0.2) is 5.11 Å². The van der Waals surface area contributed by atoms with Gasteiger partial charge in [-0.15, -0.1) is 0 Å². The lowest BCUT2D eigenvalue weighted by molar-refractivity contribution is -0.127. The number of halogens is 2. The van der Waals surface area contributed by atoms with Crippen LogP contribution in [0.15, 0.2) is 88.9 Å². The molecule has 4 aromatic rings. The molecule has 1 aromatic heterocycles. The Hall–Kier alpha value is -3.72. The molecular weight excluding hydrogens is 622 g/mol. The normalized spacial score (nSPS) is 14.8. The fraction of sp³-hybridized carbons (Fsp3) is 0.156. The van der Waals surface area contributed by atoms with Crippen LogP contribution in [0.4, 0.5) is 5.69 Å². The molecule has 1 aliphatic heterocycles. The number of rotatable bonds is 7. The van der Waals surface area contributed by atoms with E-state index in [2.05, 4.69) is 20.5 Å². The highest BCUT2D eigenvalue weighted by Crippen LogP contribution is 2.30. The molecule has 3 aromatic carbocycles. The number of nitrogens with zero attached hydrogens (tertiary/aromatic N) is 3. The number of carbonyl (C=O) groups excluding carboxylic acids is 2. The Balaban J connectivity index is 1.43. The molecule has 0 unspecified atom stereocenters. The van der Waals surface area contributed by atoms with E-state index < -0.39 is 11.8 Å². The highest BCUT2D eigenvalue weighted by Gasteiger charge is 2.39. The van der Waals surface area contributed by atoms with Crippen LogP contribution < -0.4 is 9.64 Å². The van der Waals surface area contributed by atoms with Crippen LogP contribution in [0.1, 0.15) is 29.4 Å². The predicted octanol–water partition coefficient (Wildman–Crippen LogP) is 7.65. The van der Waals surface area contributed by atoms with Gasteiger partial charge in [-0.25, -0.2) is 0 Å². The van der Waals surface area contributed by atoms with E-state index in [1.807, 2.05) is 75.4 Å². The van der Waals surface area contributed by atoms with Crippen LogP contribution in [0.3, 0.4) is 0 Å². The van der Waals surface area contributed by atoms with Crippen LogP contribution in [-0.2, 0) is 16.2 Å². The number of ether oxygens (including phenoxy) is 1. The van der Waals surface area contributed by atoms with Gasteiger partial charge in [0.2, 0.25) is 0 Å². The van der Waals surface area contributed by atoms with Gasteiger partial charge < -0.3 is 9.30 Å². The summed E-state index contributed by atoms with van der Waals surface area (Å²) in [6, 6.07) is 24.6. The first kappa shape index (κ1) is 28.8. The number of anilines is 1. The molecule has 208 valence electrons. The summed E-state index contributed by atoms with van der Waals surface area (Å²) in [6.45, 7) is 6.59. The van der Waals surface area contributed by atoms with Gasteiger partial charge in [0.25, 0.3) is 11.8 Å². The van der Waals surface area contributed by atoms with E-state index in [0.29, 0.717) is 23.9 Å². The highest BCUT2D eigenvalue weighted by atomic mass is 79.9. The second-order valence-electron chi connectivity index (χ2n) is 9.58. The maximum atomic E-state index is 13.7. The molecule has 41 heavy (non-hydrogen) atoms. The number of likely N-dealkylation sites (N-methyl/N-ethyl adjacent to an activating group) is 1. The van der Waals surface area contributed by atoms with E-state index in [1.165, 1.54) is 9.80 Å². The summed E-state index contributed by atoms with van der Waals surface area (Å²) in [5.74, 6) is -0.119. The summed E-state index contributed by atoms with van der Waals surface area (Å²) in [7, 11) is 0. The van der Waals surface area contributed by atoms with Gasteiger partial charge in [0.05, 0.1) is 5.69 Å². The molecule has 0 spiro atoms. The smallest absolute Gasteiger partial charge is 0.270 e. The molecule has 0 aliphatic carbocycles. The third-order valence-corrected chi connectivity index (χ3v) is 8.10. The summed E-state index contributed by atoms with van der Waals surface area (Å²) in [4.78, 5) is 29.9. The van der Waals surface area contributed by atoms with Crippen LogP contribution >= 0.6 is 39.7 Å². The van der Waals surface area contributed by atoms with E-state index in [4.69, 9.17) is 28.6 Å². The van der Waals surface area contributed by atoms with Crippen molar-refractivity contribution in [1.29, 1.82) is 0 Å². The molecule has 0 N–H and O–H groups in total. The SMILES string of the molecule is CCN1C(=O)/C(=C\c2cc(C)n(-c3ccc(OCc4ccc(Br)cc4)cc3)c2C)C(=O)N(c2ccc(Cl)cc2)C1=S. The Bertz CT molecular complexity index is 1660. The zero-order valence-electron chi connectivity index (χ0n) is 22.7. The van der Waals surface area contributed by atoms with Crippen molar-refractivity contribution in [3.8, 4) is 11.4 Å². The van der Waals surface area contributed by atoms with Gasteiger partial charge in [0.1, 0.15) is 17.9 Å². The molecule has 1 saturated heterocycles. The quantitative estimate of drug-likeness (QED) is 0.117. The molecular formula is C32H27BrClN3O3S. The largest absolute Gasteiger partial charge is 0.489 e. The Morgan fingerprint density at radius 1 is 0.902 bits per heavy atom. The average molecular weight is 649 g/mol. The first-order valence-electron chi connectivity index (χ1n) is 13.0. The zero-order chi connectivity index (χ0) is 29.3. The molecule has 0 bridgehead atoms. The van der Waals surface area contributed by atoms with E-state index in [-0.39, 0.29) is 10.7 Å². The van der Waals surface area contributed by atoms with E-state index in [0.717, 1.165) is 38.4 Å². The van der Waals surface area contributed by atoms with E-state index >= 15 is 0 Å². The first-order chi connectivity index (χ1) is 19.7. The number of hydrogen-bond acceptors (Lipinski definition) is 4. The van der Waals surface area contributed by atoms with Crippen molar-refractivity contribution in [2.45, 2.75) is 27.4 Å². The number of benzene rings is 3. The second-order valence-corrected chi connectivity index (χ2v) is 11.3. The third kappa shape index (κ3) is 5.86. The fourth-order valence-electron chi connectivity index (χ4n) is 4.80. The fourth-order valence-corrected chi connectivity index (χ4v) is 5.59. The molecule has 0 atom stereocenters. The van der Waals surface area contributed by atoms with Gasteiger partial charge in [-0.05, 0) is 117 Å². The number of hydrogen-bond donors (Lipinski definition) is 0. The van der Waals surface area contributed by atoms with Crippen LogP contribution in [0, 0.1) is 13.8 Å². The standard InChI is InChI=1S/C32H27BrClN3O3S/c1-4-35-30(38)29(31(39)37(32(35)41)27-11-9-25(34)10-12-27)18-23-17-20(2)36(21(23)3)26-13-15-28(16-14-26)40-19-22-5-7-24(33)8-6-22/h5-18H,4,19H2,1-3H3/b29-18+. The molecule has 0 radical (unpaired) electrons. The van der Waals surface area contributed by atoms with Crippen LogP contribution in [0.25, 0.3) is 11.8 Å². The Kier molecular flexibility index (Phi) is 8.45. The molecule has 9 heteroatoms. The summed E-state index contributed by atoms with van der Waals surface area (Å²) in [6.07, 6.45) is 1.66. The Labute approximate surface area is 257 Å². The van der Waals surface area contributed by atoms with Crippen molar-refractivity contribution in [3.05, 3.63) is 116 Å². The average Bonchev–Trinajstić information content (AvgIpc) is 3.24. The number of carbonyl (C=O) groups is 2. The van der Waals surface area contributed by atoms with E-state index in [9.17, 15) is 9.59 Å². The van der Waals surface area contributed by atoms with Crippen molar-refractivity contribution < 1.29 is 14.3 Å². The van der Waals surface area contributed by atoms with Crippen molar-refractivity contribution in [1.82, 2.24) is 9.47 Å². The first-order valence-corrected chi connectivity index (χ1v) is 14.6. The Morgan fingerprint density at radius 2 is 1.54 bits per heavy atom. The lowest BCUT2D eigenvalue weighted by atomic mass is 10.1. The molecule has 2 heterocycles. The zero-order valence-corrected chi connectivity index (χ0v) is 25.9. The summed E-state index contributed by atoms with van der Waals surface area (Å²) in [5.41, 5.74) is 5.26. The van der Waals surface area contributed by atoms with Crippen LogP contribution in [0.5, 0.6) is 5.75 Å². The van der Waals surface area contributed by atoms with Crippen molar-refractivity contribution in [2.75, 3.05) is 11.4 Å². The molecule has 2 amide bonds. The predicted molar refractivity (Wildman–Crippen MR) is 171 cm³/mol. The minimum Gasteiger partial charge on any atom is -0.489 e. The molecule has 5 rings (SSSR count). The lowest BCUT2D eigenvalue weighted by Crippen LogP contribution is -2.56. The van der Waals surface area contributed by atoms with E-state index in [1.54, 1.807) is 30.3 Å². The topological polar surface area (TPSA) is 54.8 Å². The highest BCUT2D eigenvalue weighted by molar-refractivity contribution is 9.10. The number of thiocarbonyl (C=S) groups is 1. The molecule has 1 fully saturated rings. The van der Waals surface area contributed by atoms with Gasteiger partial charge in [-0.1, -0.05) is 39.7 Å². The molecule has 1 aliphatic rings. The van der Waals surface area contributed by atoms with Gasteiger partial charge in [-0.3, -0.25) is 19.4 Å². The maximum absolute atomic E-state index is 13.7. The molecule has 6 nitrogen and oxygen atoms in total. The maximum Gasteiger partial charge on any atom is 0.270 e. The van der Waals surface area contributed by atoms with Crippen molar-refractivity contribution >= 4 is 68.4 Å². The van der Waals surface area contributed by atoms with Gasteiger partial charge >= 0.3 is 0 Å². The Morgan fingerprint density at radius 3 is 2.17 bits per heavy atom. The summed E-state index contributed by atoms with van der Waals surface area (Å²) in [5, 5.41) is 0.690. The summed E-state index contributed by atoms with van der Waals surface area (Å²) < 4.78 is 9.07. The monoisotopic (exact) mass is 647 g/mol. The number of amides is 2.